The fraction of sp³-hybridized carbons (Fsp3) is 0.0400. The van der Waals surface area contributed by atoms with E-state index in [0.29, 0.717) is 0 Å². The molecule has 4 aromatic carbocycles. The Hall–Kier alpha value is -4.07. The van der Waals surface area contributed by atoms with E-state index in [0.717, 1.165) is 6.07 Å². The predicted octanol–water partition coefficient (Wildman–Crippen LogP) is 7.19. The van der Waals surface area contributed by atoms with Crippen molar-refractivity contribution in [2.24, 2.45) is 0 Å². The fourth-order valence-electron chi connectivity index (χ4n) is 4.10. The van der Waals surface area contributed by atoms with Crippen LogP contribution in [0.15, 0.2) is 54.4 Å². The lowest BCUT2D eigenvalue weighted by molar-refractivity contribution is -0.0620. The van der Waals surface area contributed by atoms with Crippen LogP contribution in [0.4, 0.5) is 48.3 Å². The van der Waals surface area contributed by atoms with Gasteiger partial charge in [-0.1, -0.05) is 30.3 Å². The molecule has 2 nitrogen and oxygen atoms in total. The molecule has 5 rings (SSSR count). The molecule has 1 unspecified atom stereocenters. The highest BCUT2D eigenvalue weighted by atomic mass is 19.2. The van der Waals surface area contributed by atoms with Gasteiger partial charge in [-0.3, -0.25) is 0 Å². The molecule has 0 saturated heterocycles. The van der Waals surface area contributed by atoms with E-state index in [4.69, 9.17) is 4.65 Å². The van der Waals surface area contributed by atoms with Gasteiger partial charge in [0, 0.05) is 16.9 Å². The SMILES string of the molecule is FC1=C(F)C(F)(OB(Oc2c(F)ccc3ccccc23)c2cc(F)cc(F)c2F)c2c(F)c(F)c(F)c(F)c21. The van der Waals surface area contributed by atoms with Crippen molar-refractivity contribution in [1.29, 1.82) is 0 Å². The zero-order valence-corrected chi connectivity index (χ0v) is 18.7. The maximum absolute atomic E-state index is 16.0. The lowest BCUT2D eigenvalue weighted by atomic mass is 9.77. The second kappa shape index (κ2) is 9.29. The minimum atomic E-state index is -4.72. The summed E-state index contributed by atoms with van der Waals surface area (Å²) >= 11 is 0. The highest BCUT2D eigenvalue weighted by molar-refractivity contribution is 6.62. The van der Waals surface area contributed by atoms with Crippen LogP contribution in [-0.4, -0.2) is 7.12 Å². The Morgan fingerprint density at radius 2 is 1.33 bits per heavy atom. The third kappa shape index (κ3) is 4.01. The van der Waals surface area contributed by atoms with E-state index in [-0.39, 0.29) is 22.9 Å². The Kier molecular flexibility index (Phi) is 6.32. The van der Waals surface area contributed by atoms with E-state index >= 15 is 4.39 Å². The first-order chi connectivity index (χ1) is 18.4. The summed E-state index contributed by atoms with van der Waals surface area (Å²) in [6, 6.07) is 7.74. The van der Waals surface area contributed by atoms with Crippen molar-refractivity contribution in [3.63, 3.8) is 0 Å². The Bertz CT molecular complexity index is 1710. The summed E-state index contributed by atoms with van der Waals surface area (Å²) in [5, 5.41) is 0.137. The van der Waals surface area contributed by atoms with Gasteiger partial charge in [-0.05, 0) is 17.5 Å². The maximum Gasteiger partial charge on any atom is 0.568 e. The largest absolute Gasteiger partial charge is 0.568 e. The molecule has 0 saturated carbocycles. The molecule has 14 heteroatoms. The van der Waals surface area contributed by atoms with Gasteiger partial charge in [0.1, 0.15) is 11.6 Å². The Morgan fingerprint density at radius 3 is 2.05 bits per heavy atom. The van der Waals surface area contributed by atoms with Gasteiger partial charge in [-0.2, -0.15) is 4.39 Å². The van der Waals surface area contributed by atoms with Crippen LogP contribution >= 0.6 is 0 Å². The number of benzene rings is 4. The summed E-state index contributed by atoms with van der Waals surface area (Å²) in [6.07, 6.45) is 0. The van der Waals surface area contributed by atoms with Gasteiger partial charge in [-0.25, -0.2) is 43.9 Å². The molecule has 0 bridgehead atoms. The zero-order chi connectivity index (χ0) is 28.4. The van der Waals surface area contributed by atoms with Crippen molar-refractivity contribution >= 4 is 29.2 Å². The van der Waals surface area contributed by atoms with Crippen LogP contribution in [0.5, 0.6) is 5.75 Å². The summed E-state index contributed by atoms with van der Waals surface area (Å²) in [5.74, 6) is -28.2. The monoisotopic (exact) mass is 560 g/mol. The molecule has 0 amide bonds. The molecule has 4 aromatic rings. The highest BCUT2D eigenvalue weighted by Crippen LogP contribution is 2.52. The standard InChI is InChI=1S/C25H8BF11O2/c27-10-7-12(17(30)14(29)8-10)26(38-23-11-4-2-1-3-9(11)5-6-13(23)28)39-25(37)16-15(19(32)24(25)36)18(31)21(34)22(35)20(16)33/h1-8H. The molecule has 200 valence electrons. The minimum Gasteiger partial charge on any atom is -0.530 e. The molecule has 0 aromatic heterocycles. The number of hydrogen-bond acceptors (Lipinski definition) is 2. The van der Waals surface area contributed by atoms with Crippen LogP contribution in [0.3, 0.4) is 0 Å². The molecular formula is C25H8BF11O2. The van der Waals surface area contributed by atoms with Crippen molar-refractivity contribution in [2.45, 2.75) is 5.85 Å². The van der Waals surface area contributed by atoms with Gasteiger partial charge in [0.2, 0.25) is 5.83 Å². The van der Waals surface area contributed by atoms with E-state index in [1.165, 1.54) is 30.3 Å². The number of alkyl halides is 1. The number of hydrogen-bond donors (Lipinski definition) is 0. The average Bonchev–Trinajstić information content (AvgIpc) is 3.10. The van der Waals surface area contributed by atoms with Gasteiger partial charge in [0.15, 0.2) is 46.5 Å². The smallest absolute Gasteiger partial charge is 0.530 e. The molecule has 0 aliphatic heterocycles. The van der Waals surface area contributed by atoms with E-state index < -0.39 is 93.5 Å². The number of fused-ring (bicyclic) bond motifs is 2. The number of halogens is 11. The third-order valence-corrected chi connectivity index (χ3v) is 5.88. The summed E-state index contributed by atoms with van der Waals surface area (Å²) in [6.45, 7) is 0. The normalized spacial score (nSPS) is 16.7. The molecule has 1 aliphatic rings. The Labute approximate surface area is 211 Å². The Morgan fingerprint density at radius 1 is 0.667 bits per heavy atom. The predicted molar refractivity (Wildman–Crippen MR) is 116 cm³/mol. The molecule has 0 heterocycles. The summed E-state index contributed by atoms with van der Waals surface area (Å²) in [5.41, 5.74) is -5.66. The van der Waals surface area contributed by atoms with Crippen molar-refractivity contribution in [3.8, 4) is 5.75 Å². The summed E-state index contributed by atoms with van der Waals surface area (Å²) in [7, 11) is -2.97. The molecule has 0 N–H and O–H groups in total. The van der Waals surface area contributed by atoms with Gasteiger partial charge < -0.3 is 9.31 Å². The van der Waals surface area contributed by atoms with E-state index in [2.05, 4.69) is 4.65 Å². The topological polar surface area (TPSA) is 18.5 Å². The first-order valence-electron chi connectivity index (χ1n) is 10.6. The van der Waals surface area contributed by atoms with Gasteiger partial charge >= 0.3 is 7.12 Å². The minimum absolute atomic E-state index is 0.0256. The lowest BCUT2D eigenvalue weighted by Gasteiger charge is -2.27. The van der Waals surface area contributed by atoms with Crippen LogP contribution in [-0.2, 0) is 10.5 Å². The molecule has 1 aliphatic carbocycles. The van der Waals surface area contributed by atoms with Gasteiger partial charge in [-0.15, -0.1) is 0 Å². The zero-order valence-electron chi connectivity index (χ0n) is 18.7. The molecule has 0 radical (unpaired) electrons. The molecule has 1 atom stereocenters. The second-order valence-electron chi connectivity index (χ2n) is 8.19. The van der Waals surface area contributed by atoms with Crippen LogP contribution in [0.25, 0.3) is 16.6 Å². The molecule has 39 heavy (non-hydrogen) atoms. The molecule has 0 spiro atoms. The molecule has 0 fully saturated rings. The van der Waals surface area contributed by atoms with E-state index in [1.54, 1.807) is 0 Å². The maximum atomic E-state index is 16.0. The van der Waals surface area contributed by atoms with Crippen LogP contribution in [0.1, 0.15) is 11.1 Å². The van der Waals surface area contributed by atoms with Crippen molar-refractivity contribution in [3.05, 3.63) is 112 Å². The van der Waals surface area contributed by atoms with Crippen LogP contribution in [0, 0.1) is 46.5 Å². The van der Waals surface area contributed by atoms with Crippen LogP contribution < -0.4 is 10.1 Å². The first kappa shape index (κ1) is 26.5. The highest BCUT2D eigenvalue weighted by Gasteiger charge is 2.57. The van der Waals surface area contributed by atoms with E-state index in [1.807, 2.05) is 0 Å². The fourth-order valence-corrected chi connectivity index (χ4v) is 4.10. The van der Waals surface area contributed by atoms with Crippen molar-refractivity contribution < 1.29 is 57.6 Å². The first-order valence-corrected chi connectivity index (χ1v) is 10.6. The molecular weight excluding hydrogens is 552 g/mol. The summed E-state index contributed by atoms with van der Waals surface area (Å²) in [4.78, 5) is 0. The average molecular weight is 560 g/mol. The van der Waals surface area contributed by atoms with Crippen LogP contribution in [0.2, 0.25) is 0 Å². The van der Waals surface area contributed by atoms with Crippen molar-refractivity contribution in [2.75, 3.05) is 0 Å². The second-order valence-corrected chi connectivity index (χ2v) is 8.19. The third-order valence-electron chi connectivity index (χ3n) is 5.88. The number of rotatable bonds is 5. The quantitative estimate of drug-likeness (QED) is 0.111. The van der Waals surface area contributed by atoms with Crippen molar-refractivity contribution in [1.82, 2.24) is 0 Å². The van der Waals surface area contributed by atoms with E-state index in [9.17, 15) is 43.9 Å². The Balaban J connectivity index is 1.74. The van der Waals surface area contributed by atoms with Gasteiger partial charge in [0.05, 0.1) is 11.1 Å². The summed E-state index contributed by atoms with van der Waals surface area (Å²) < 4.78 is 169. The van der Waals surface area contributed by atoms with Gasteiger partial charge in [0.25, 0.3) is 5.85 Å². The lowest BCUT2D eigenvalue weighted by Crippen LogP contribution is -2.48.